The number of aromatic amines is 1. The molecular weight excluding hydrogens is 313 g/mol. The second-order valence-electron chi connectivity index (χ2n) is 4.49. The molecule has 6 nitrogen and oxygen atoms in total. The van der Waals surface area contributed by atoms with Crippen LogP contribution in [0.5, 0.6) is 0 Å². The van der Waals surface area contributed by atoms with Crippen molar-refractivity contribution in [3.8, 4) is 11.4 Å². The van der Waals surface area contributed by atoms with E-state index >= 15 is 0 Å². The molecule has 0 saturated carbocycles. The SMILES string of the molecule is CCCn1c(Cl)nc2nc(-c3ccc(Cl)nc3)[nH]c2c1=O. The fourth-order valence-corrected chi connectivity index (χ4v) is 2.38. The second kappa shape index (κ2) is 5.46. The summed E-state index contributed by atoms with van der Waals surface area (Å²) in [4.78, 5) is 27.8. The van der Waals surface area contributed by atoms with Gasteiger partial charge in [0.2, 0.25) is 5.28 Å². The molecule has 8 heteroatoms. The van der Waals surface area contributed by atoms with Gasteiger partial charge in [-0.05, 0) is 30.2 Å². The summed E-state index contributed by atoms with van der Waals surface area (Å²) >= 11 is 11.8. The first-order valence-electron chi connectivity index (χ1n) is 6.38. The molecule has 0 aliphatic carbocycles. The zero-order valence-electron chi connectivity index (χ0n) is 11.1. The van der Waals surface area contributed by atoms with E-state index in [1.54, 1.807) is 18.3 Å². The first kappa shape index (κ1) is 14.0. The van der Waals surface area contributed by atoms with Gasteiger partial charge in [0, 0.05) is 18.3 Å². The van der Waals surface area contributed by atoms with Crippen molar-refractivity contribution in [3.05, 3.63) is 39.1 Å². The summed E-state index contributed by atoms with van der Waals surface area (Å²) in [6, 6.07) is 3.42. The number of imidazole rings is 1. The zero-order valence-corrected chi connectivity index (χ0v) is 12.6. The number of nitrogens with zero attached hydrogens (tertiary/aromatic N) is 4. The van der Waals surface area contributed by atoms with Gasteiger partial charge in [-0.3, -0.25) is 9.36 Å². The third-order valence-electron chi connectivity index (χ3n) is 3.01. The Balaban J connectivity index is 2.18. The average molecular weight is 324 g/mol. The number of pyridine rings is 1. The van der Waals surface area contributed by atoms with Crippen molar-refractivity contribution in [1.29, 1.82) is 0 Å². The normalized spacial score (nSPS) is 11.2. The van der Waals surface area contributed by atoms with Crippen molar-refractivity contribution in [3.63, 3.8) is 0 Å². The molecule has 3 aromatic heterocycles. The van der Waals surface area contributed by atoms with Crippen molar-refractivity contribution in [1.82, 2.24) is 24.5 Å². The van der Waals surface area contributed by atoms with E-state index in [9.17, 15) is 4.79 Å². The van der Waals surface area contributed by atoms with E-state index in [0.29, 0.717) is 28.7 Å². The number of nitrogens with one attached hydrogen (secondary N) is 1. The number of hydrogen-bond donors (Lipinski definition) is 1. The largest absolute Gasteiger partial charge is 0.332 e. The highest BCUT2D eigenvalue weighted by molar-refractivity contribution is 6.29. The fourth-order valence-electron chi connectivity index (χ4n) is 2.03. The lowest BCUT2D eigenvalue weighted by Gasteiger charge is -2.04. The average Bonchev–Trinajstić information content (AvgIpc) is 2.88. The molecule has 3 rings (SSSR count). The third-order valence-corrected chi connectivity index (χ3v) is 3.52. The highest BCUT2D eigenvalue weighted by Crippen LogP contribution is 2.19. The molecule has 0 spiro atoms. The van der Waals surface area contributed by atoms with Gasteiger partial charge in [-0.25, -0.2) is 9.97 Å². The minimum Gasteiger partial charge on any atom is -0.332 e. The molecule has 0 aliphatic rings. The molecule has 3 heterocycles. The van der Waals surface area contributed by atoms with Crippen LogP contribution in [0.3, 0.4) is 0 Å². The minimum absolute atomic E-state index is 0.140. The highest BCUT2D eigenvalue weighted by atomic mass is 35.5. The van der Waals surface area contributed by atoms with Crippen molar-refractivity contribution in [2.24, 2.45) is 0 Å². The molecule has 3 aromatic rings. The predicted molar refractivity (Wildman–Crippen MR) is 81.7 cm³/mol. The van der Waals surface area contributed by atoms with Crippen LogP contribution in [-0.4, -0.2) is 24.5 Å². The first-order chi connectivity index (χ1) is 10.1. The molecule has 0 aliphatic heterocycles. The lowest BCUT2D eigenvalue weighted by atomic mass is 10.3. The Morgan fingerprint density at radius 2 is 2.10 bits per heavy atom. The van der Waals surface area contributed by atoms with Gasteiger partial charge in [-0.2, -0.15) is 4.98 Å². The van der Waals surface area contributed by atoms with Gasteiger partial charge in [0.1, 0.15) is 11.0 Å². The van der Waals surface area contributed by atoms with Crippen LogP contribution in [-0.2, 0) is 6.54 Å². The topological polar surface area (TPSA) is 76.5 Å². The van der Waals surface area contributed by atoms with Crippen molar-refractivity contribution >= 4 is 34.4 Å². The van der Waals surface area contributed by atoms with Crippen LogP contribution in [0, 0.1) is 0 Å². The number of fused-ring (bicyclic) bond motifs is 1. The smallest absolute Gasteiger partial charge is 0.280 e. The van der Waals surface area contributed by atoms with E-state index in [1.807, 2.05) is 6.92 Å². The molecular formula is C13H11Cl2N5O. The summed E-state index contributed by atoms with van der Waals surface area (Å²) in [5.41, 5.74) is 1.11. The Morgan fingerprint density at radius 1 is 1.29 bits per heavy atom. The van der Waals surface area contributed by atoms with Crippen LogP contribution >= 0.6 is 23.2 Å². The Bertz CT molecular complexity index is 853. The monoisotopic (exact) mass is 323 g/mol. The third kappa shape index (κ3) is 2.52. The Morgan fingerprint density at radius 3 is 2.76 bits per heavy atom. The molecule has 0 aromatic carbocycles. The van der Waals surface area contributed by atoms with Crippen molar-refractivity contribution < 1.29 is 0 Å². The van der Waals surface area contributed by atoms with Crippen LogP contribution in [0.25, 0.3) is 22.6 Å². The summed E-state index contributed by atoms with van der Waals surface area (Å²) < 4.78 is 1.42. The van der Waals surface area contributed by atoms with E-state index in [1.165, 1.54) is 4.57 Å². The quantitative estimate of drug-likeness (QED) is 0.594. The molecule has 108 valence electrons. The number of rotatable bonds is 3. The summed E-state index contributed by atoms with van der Waals surface area (Å²) in [6.45, 7) is 2.47. The minimum atomic E-state index is -0.229. The van der Waals surface area contributed by atoms with Crippen LogP contribution in [0.4, 0.5) is 0 Å². The van der Waals surface area contributed by atoms with E-state index in [0.717, 1.165) is 12.0 Å². The number of aromatic nitrogens is 5. The molecule has 0 unspecified atom stereocenters. The zero-order chi connectivity index (χ0) is 15.0. The summed E-state index contributed by atoms with van der Waals surface area (Å²) in [5.74, 6) is 0.504. The Kier molecular flexibility index (Phi) is 3.65. The number of hydrogen-bond acceptors (Lipinski definition) is 4. The molecule has 0 amide bonds. The summed E-state index contributed by atoms with van der Waals surface area (Å²) in [6.07, 6.45) is 2.36. The number of halogens is 2. The van der Waals surface area contributed by atoms with E-state index < -0.39 is 0 Å². The van der Waals surface area contributed by atoms with Gasteiger partial charge in [-0.15, -0.1) is 0 Å². The molecule has 0 bridgehead atoms. The molecule has 21 heavy (non-hydrogen) atoms. The van der Waals surface area contributed by atoms with Gasteiger partial charge in [0.15, 0.2) is 11.2 Å². The lowest BCUT2D eigenvalue weighted by molar-refractivity contribution is 0.648. The molecule has 0 atom stereocenters. The first-order valence-corrected chi connectivity index (χ1v) is 7.13. The van der Waals surface area contributed by atoms with Crippen molar-refractivity contribution in [2.45, 2.75) is 19.9 Å². The summed E-state index contributed by atoms with van der Waals surface area (Å²) in [7, 11) is 0. The molecule has 0 fully saturated rings. The van der Waals surface area contributed by atoms with Crippen LogP contribution in [0.15, 0.2) is 23.1 Å². The van der Waals surface area contributed by atoms with Crippen molar-refractivity contribution in [2.75, 3.05) is 0 Å². The standard InChI is InChI=1S/C13H11Cl2N5O/c1-2-5-20-12(21)9-11(19-13(20)15)18-10(17-9)7-3-4-8(14)16-6-7/h3-4,6H,2,5H2,1H3,(H,17,18). The fraction of sp³-hybridized carbons (Fsp3) is 0.231. The second-order valence-corrected chi connectivity index (χ2v) is 5.22. The van der Waals surface area contributed by atoms with E-state index in [4.69, 9.17) is 23.2 Å². The maximum atomic E-state index is 12.4. The van der Waals surface area contributed by atoms with E-state index in [-0.39, 0.29) is 10.8 Å². The molecule has 1 N–H and O–H groups in total. The van der Waals surface area contributed by atoms with Gasteiger partial charge in [0.05, 0.1) is 0 Å². The maximum absolute atomic E-state index is 12.4. The maximum Gasteiger partial charge on any atom is 0.280 e. The van der Waals surface area contributed by atoms with E-state index in [2.05, 4.69) is 19.9 Å². The number of H-pyrrole nitrogens is 1. The molecule has 0 radical (unpaired) electrons. The van der Waals surface area contributed by atoms with Gasteiger partial charge in [0.25, 0.3) is 5.56 Å². The Labute approximate surface area is 129 Å². The highest BCUT2D eigenvalue weighted by Gasteiger charge is 2.14. The van der Waals surface area contributed by atoms with Crippen LogP contribution in [0.1, 0.15) is 13.3 Å². The lowest BCUT2D eigenvalue weighted by Crippen LogP contribution is -2.22. The van der Waals surface area contributed by atoms with Crippen LogP contribution < -0.4 is 5.56 Å². The Hall–Kier alpha value is -1.92. The van der Waals surface area contributed by atoms with Gasteiger partial charge < -0.3 is 4.98 Å². The predicted octanol–water partition coefficient (Wildman–Crippen LogP) is 2.90. The van der Waals surface area contributed by atoms with Crippen LogP contribution in [0.2, 0.25) is 10.4 Å². The van der Waals surface area contributed by atoms with Gasteiger partial charge >= 0.3 is 0 Å². The molecule has 0 saturated heterocycles. The summed E-state index contributed by atoms with van der Waals surface area (Å²) in [5, 5.41) is 0.531. The van der Waals surface area contributed by atoms with Gasteiger partial charge in [-0.1, -0.05) is 18.5 Å².